The summed E-state index contributed by atoms with van der Waals surface area (Å²) in [6, 6.07) is 9.26. The standard InChI is InChI=1S/C18H18N2O3S/c1-2-10-23-16-5-3-14(4-6-16)7-9-19-17(21)12-20-18(22)15-8-11-24-13-15/h1,3-6,8,11,13H,7,9-10,12H2,(H,19,21)(H,20,22). The Morgan fingerprint density at radius 1 is 1.17 bits per heavy atom. The maximum Gasteiger partial charge on any atom is 0.252 e. The lowest BCUT2D eigenvalue weighted by molar-refractivity contribution is -0.120. The van der Waals surface area contributed by atoms with E-state index in [1.807, 2.05) is 29.6 Å². The first kappa shape index (κ1) is 17.6. The lowest BCUT2D eigenvalue weighted by Gasteiger charge is -2.07. The van der Waals surface area contributed by atoms with Crippen molar-refractivity contribution < 1.29 is 14.3 Å². The predicted octanol–water partition coefficient (Wildman–Crippen LogP) is 1.85. The van der Waals surface area contributed by atoms with Crippen molar-refractivity contribution in [3.05, 3.63) is 52.2 Å². The second kappa shape index (κ2) is 9.38. The van der Waals surface area contributed by atoms with Crippen LogP contribution in [0.5, 0.6) is 5.75 Å². The number of benzene rings is 1. The van der Waals surface area contributed by atoms with Crippen LogP contribution in [-0.2, 0) is 11.2 Å². The lowest BCUT2D eigenvalue weighted by atomic mass is 10.1. The van der Waals surface area contributed by atoms with Crippen molar-refractivity contribution in [1.82, 2.24) is 10.6 Å². The smallest absolute Gasteiger partial charge is 0.252 e. The molecule has 1 heterocycles. The van der Waals surface area contributed by atoms with Crippen molar-refractivity contribution in [2.45, 2.75) is 6.42 Å². The lowest BCUT2D eigenvalue weighted by Crippen LogP contribution is -2.37. The molecule has 2 rings (SSSR count). The Morgan fingerprint density at radius 3 is 2.62 bits per heavy atom. The molecular formula is C18H18N2O3S. The normalized spacial score (nSPS) is 9.79. The number of nitrogens with one attached hydrogen (secondary N) is 2. The summed E-state index contributed by atoms with van der Waals surface area (Å²) >= 11 is 1.44. The van der Waals surface area contributed by atoms with E-state index < -0.39 is 0 Å². The molecular weight excluding hydrogens is 324 g/mol. The van der Waals surface area contributed by atoms with Gasteiger partial charge in [0, 0.05) is 17.5 Å². The van der Waals surface area contributed by atoms with Gasteiger partial charge in [0.15, 0.2) is 0 Å². The van der Waals surface area contributed by atoms with E-state index in [-0.39, 0.29) is 25.0 Å². The second-order valence-electron chi connectivity index (χ2n) is 4.93. The summed E-state index contributed by atoms with van der Waals surface area (Å²) in [5, 5.41) is 8.91. The molecule has 1 aromatic heterocycles. The fourth-order valence-corrected chi connectivity index (χ4v) is 2.58. The van der Waals surface area contributed by atoms with Crippen LogP contribution in [0.4, 0.5) is 0 Å². The molecule has 2 N–H and O–H groups in total. The van der Waals surface area contributed by atoms with E-state index in [2.05, 4.69) is 16.6 Å². The van der Waals surface area contributed by atoms with Crippen molar-refractivity contribution in [3.63, 3.8) is 0 Å². The highest BCUT2D eigenvalue weighted by Gasteiger charge is 2.07. The van der Waals surface area contributed by atoms with Gasteiger partial charge in [0.05, 0.1) is 6.54 Å². The molecule has 0 saturated carbocycles. The van der Waals surface area contributed by atoms with Gasteiger partial charge in [-0.25, -0.2) is 0 Å². The average Bonchev–Trinajstić information content (AvgIpc) is 3.13. The number of carbonyl (C=O) groups excluding carboxylic acids is 2. The first-order valence-electron chi connectivity index (χ1n) is 7.41. The van der Waals surface area contributed by atoms with Crippen molar-refractivity contribution in [3.8, 4) is 18.1 Å². The van der Waals surface area contributed by atoms with Gasteiger partial charge in [0.25, 0.3) is 5.91 Å². The van der Waals surface area contributed by atoms with E-state index in [1.165, 1.54) is 11.3 Å². The highest BCUT2D eigenvalue weighted by atomic mass is 32.1. The van der Waals surface area contributed by atoms with Crippen molar-refractivity contribution in [2.24, 2.45) is 0 Å². The van der Waals surface area contributed by atoms with Gasteiger partial charge >= 0.3 is 0 Å². The zero-order valence-corrected chi connectivity index (χ0v) is 13.9. The Kier molecular flexibility index (Phi) is 6.87. The first-order chi connectivity index (χ1) is 11.7. The number of rotatable bonds is 8. The highest BCUT2D eigenvalue weighted by molar-refractivity contribution is 7.08. The highest BCUT2D eigenvalue weighted by Crippen LogP contribution is 2.12. The van der Waals surface area contributed by atoms with Gasteiger partial charge in [-0.3, -0.25) is 9.59 Å². The minimum Gasteiger partial charge on any atom is -0.481 e. The molecule has 6 heteroatoms. The quantitative estimate of drug-likeness (QED) is 0.720. The SMILES string of the molecule is C#CCOc1ccc(CCNC(=O)CNC(=O)c2ccsc2)cc1. The van der Waals surface area contributed by atoms with Crippen molar-refractivity contribution >= 4 is 23.2 Å². The summed E-state index contributed by atoms with van der Waals surface area (Å²) < 4.78 is 5.29. The number of terminal acetylenes is 1. The monoisotopic (exact) mass is 342 g/mol. The van der Waals surface area contributed by atoms with Gasteiger partial charge in [-0.2, -0.15) is 11.3 Å². The predicted molar refractivity (Wildman–Crippen MR) is 94.1 cm³/mol. The van der Waals surface area contributed by atoms with Crippen LogP contribution in [-0.4, -0.2) is 31.5 Å². The fraction of sp³-hybridized carbons (Fsp3) is 0.222. The van der Waals surface area contributed by atoms with E-state index in [0.717, 1.165) is 11.3 Å². The minimum absolute atomic E-state index is 0.0342. The topological polar surface area (TPSA) is 67.4 Å². The number of hydrogen-bond donors (Lipinski definition) is 2. The van der Waals surface area contributed by atoms with Crippen LogP contribution in [0.2, 0.25) is 0 Å². The second-order valence-corrected chi connectivity index (χ2v) is 5.71. The Morgan fingerprint density at radius 2 is 1.96 bits per heavy atom. The average molecular weight is 342 g/mol. The van der Waals surface area contributed by atoms with Crippen LogP contribution in [0.25, 0.3) is 0 Å². The molecule has 0 bridgehead atoms. The molecule has 0 aliphatic rings. The Labute approximate surface area is 145 Å². The first-order valence-corrected chi connectivity index (χ1v) is 8.35. The summed E-state index contributed by atoms with van der Waals surface area (Å²) in [6.07, 6.45) is 5.82. The van der Waals surface area contributed by atoms with E-state index in [0.29, 0.717) is 18.5 Å². The molecule has 0 atom stereocenters. The van der Waals surface area contributed by atoms with Crippen LogP contribution < -0.4 is 15.4 Å². The van der Waals surface area contributed by atoms with Crippen LogP contribution in [0.3, 0.4) is 0 Å². The van der Waals surface area contributed by atoms with Gasteiger partial charge < -0.3 is 15.4 Å². The Bertz CT molecular complexity index is 703. The summed E-state index contributed by atoms with van der Waals surface area (Å²) in [4.78, 5) is 23.4. The maximum absolute atomic E-state index is 11.7. The van der Waals surface area contributed by atoms with Crippen molar-refractivity contribution in [2.75, 3.05) is 19.7 Å². The summed E-state index contributed by atoms with van der Waals surface area (Å²) in [5.74, 6) is 2.67. The molecule has 0 saturated heterocycles. The fourth-order valence-electron chi connectivity index (χ4n) is 1.94. The number of ether oxygens (including phenoxy) is 1. The third kappa shape index (κ3) is 5.78. The largest absolute Gasteiger partial charge is 0.481 e. The van der Waals surface area contributed by atoms with Gasteiger partial charge in [-0.1, -0.05) is 18.1 Å². The van der Waals surface area contributed by atoms with E-state index >= 15 is 0 Å². The minimum atomic E-state index is -0.242. The van der Waals surface area contributed by atoms with E-state index in [4.69, 9.17) is 11.2 Å². The zero-order chi connectivity index (χ0) is 17.2. The molecule has 0 aliphatic carbocycles. The molecule has 2 amide bonds. The molecule has 2 aromatic rings. The van der Waals surface area contributed by atoms with Crippen LogP contribution in [0, 0.1) is 12.3 Å². The molecule has 124 valence electrons. The molecule has 5 nitrogen and oxygen atoms in total. The molecule has 1 aromatic carbocycles. The zero-order valence-electron chi connectivity index (χ0n) is 13.1. The summed E-state index contributed by atoms with van der Waals surface area (Å²) in [7, 11) is 0. The van der Waals surface area contributed by atoms with Crippen LogP contribution >= 0.6 is 11.3 Å². The third-order valence-corrected chi connectivity index (χ3v) is 3.86. The Hall–Kier alpha value is -2.78. The van der Waals surface area contributed by atoms with Crippen LogP contribution in [0.15, 0.2) is 41.1 Å². The van der Waals surface area contributed by atoms with Gasteiger partial charge in [-0.15, -0.1) is 6.42 Å². The van der Waals surface area contributed by atoms with Gasteiger partial charge in [0.1, 0.15) is 12.4 Å². The molecule has 0 aliphatic heterocycles. The molecule has 0 unspecified atom stereocenters. The third-order valence-electron chi connectivity index (χ3n) is 3.17. The van der Waals surface area contributed by atoms with Crippen LogP contribution in [0.1, 0.15) is 15.9 Å². The molecule has 0 radical (unpaired) electrons. The van der Waals surface area contributed by atoms with E-state index in [1.54, 1.807) is 11.4 Å². The molecule has 0 spiro atoms. The number of carbonyl (C=O) groups is 2. The van der Waals surface area contributed by atoms with E-state index in [9.17, 15) is 9.59 Å². The molecule has 0 fully saturated rings. The van der Waals surface area contributed by atoms with Crippen molar-refractivity contribution in [1.29, 1.82) is 0 Å². The number of hydrogen-bond acceptors (Lipinski definition) is 4. The number of thiophene rings is 1. The molecule has 24 heavy (non-hydrogen) atoms. The summed E-state index contributed by atoms with van der Waals surface area (Å²) in [5.41, 5.74) is 1.64. The summed E-state index contributed by atoms with van der Waals surface area (Å²) in [6.45, 7) is 0.706. The van der Waals surface area contributed by atoms with Gasteiger partial charge in [-0.05, 0) is 35.6 Å². The Balaban J connectivity index is 1.65. The number of amides is 2. The maximum atomic E-state index is 11.7. The van der Waals surface area contributed by atoms with Gasteiger partial charge in [0.2, 0.25) is 5.91 Å².